The number of fused-ring (bicyclic) bond motifs is 6. The molecule has 0 radical (unpaired) electrons. The summed E-state index contributed by atoms with van der Waals surface area (Å²) >= 11 is 0. The standard InChI is InChI=1S/C41H26N2O2/c1-3-10-27(11-4-1)28-18-21-31(22-19-28)43(30-13-5-2-6-14-30)32-23-24-34-38(26-32)44-37-17-9-16-35(39(34)37)41-42-36-25-20-29-12-7-8-15-33(29)40(36)45-41/h1-26H. The first kappa shape index (κ1) is 25.4. The van der Waals surface area contributed by atoms with E-state index in [-0.39, 0.29) is 0 Å². The molecule has 4 nitrogen and oxygen atoms in total. The maximum Gasteiger partial charge on any atom is 0.228 e. The van der Waals surface area contributed by atoms with Crippen molar-refractivity contribution < 1.29 is 8.83 Å². The summed E-state index contributed by atoms with van der Waals surface area (Å²) in [4.78, 5) is 7.17. The Hall–Kier alpha value is -6.13. The lowest BCUT2D eigenvalue weighted by Crippen LogP contribution is -2.09. The summed E-state index contributed by atoms with van der Waals surface area (Å²) in [6.45, 7) is 0. The number of furan rings is 1. The smallest absolute Gasteiger partial charge is 0.228 e. The lowest BCUT2D eigenvalue weighted by molar-refractivity contribution is 0.623. The van der Waals surface area contributed by atoms with Gasteiger partial charge in [0.15, 0.2) is 5.58 Å². The SMILES string of the molecule is c1ccc(-c2ccc(N(c3ccccc3)c3ccc4c(c3)oc3cccc(-c5nc6ccc7ccccc7c6o5)c34)cc2)cc1. The fraction of sp³-hybridized carbons (Fsp3) is 0. The molecule has 7 aromatic carbocycles. The molecule has 0 N–H and O–H groups in total. The monoisotopic (exact) mass is 578 g/mol. The number of benzene rings is 7. The summed E-state index contributed by atoms with van der Waals surface area (Å²) in [5.74, 6) is 0.586. The van der Waals surface area contributed by atoms with Crippen LogP contribution in [-0.4, -0.2) is 4.98 Å². The van der Waals surface area contributed by atoms with E-state index < -0.39 is 0 Å². The molecule has 0 saturated carbocycles. The highest BCUT2D eigenvalue weighted by molar-refractivity contribution is 6.13. The second-order valence-electron chi connectivity index (χ2n) is 11.2. The largest absolute Gasteiger partial charge is 0.456 e. The minimum Gasteiger partial charge on any atom is -0.456 e. The van der Waals surface area contributed by atoms with Crippen LogP contribution >= 0.6 is 0 Å². The van der Waals surface area contributed by atoms with E-state index in [1.54, 1.807) is 0 Å². The molecule has 45 heavy (non-hydrogen) atoms. The van der Waals surface area contributed by atoms with Crippen molar-refractivity contribution in [2.75, 3.05) is 4.90 Å². The topological polar surface area (TPSA) is 42.4 Å². The van der Waals surface area contributed by atoms with E-state index in [0.717, 1.165) is 66.4 Å². The fourth-order valence-electron chi connectivity index (χ4n) is 6.36. The Balaban J connectivity index is 1.17. The van der Waals surface area contributed by atoms with Crippen molar-refractivity contribution in [3.63, 3.8) is 0 Å². The van der Waals surface area contributed by atoms with Crippen LogP contribution in [0, 0.1) is 0 Å². The highest BCUT2D eigenvalue weighted by atomic mass is 16.3. The lowest BCUT2D eigenvalue weighted by atomic mass is 10.0. The van der Waals surface area contributed by atoms with Crippen molar-refractivity contribution in [2.45, 2.75) is 0 Å². The molecule has 0 amide bonds. The molecule has 0 fully saturated rings. The molecule has 2 heterocycles. The number of rotatable bonds is 5. The maximum absolute atomic E-state index is 6.50. The first-order valence-electron chi connectivity index (χ1n) is 15.0. The van der Waals surface area contributed by atoms with Crippen LogP contribution < -0.4 is 4.90 Å². The number of aromatic nitrogens is 1. The van der Waals surface area contributed by atoms with Gasteiger partial charge >= 0.3 is 0 Å². The van der Waals surface area contributed by atoms with Crippen molar-refractivity contribution in [3.05, 3.63) is 158 Å². The van der Waals surface area contributed by atoms with Gasteiger partial charge in [0.2, 0.25) is 5.89 Å². The maximum atomic E-state index is 6.50. The van der Waals surface area contributed by atoms with Crippen LogP contribution in [0.5, 0.6) is 0 Å². The van der Waals surface area contributed by atoms with Crippen molar-refractivity contribution >= 4 is 60.9 Å². The molecular weight excluding hydrogens is 552 g/mol. The van der Waals surface area contributed by atoms with E-state index in [1.165, 1.54) is 11.1 Å². The molecule has 0 atom stereocenters. The van der Waals surface area contributed by atoms with Gasteiger partial charge < -0.3 is 13.7 Å². The van der Waals surface area contributed by atoms with E-state index in [1.807, 2.05) is 42.5 Å². The molecule has 9 rings (SSSR count). The Morgan fingerprint density at radius 1 is 0.467 bits per heavy atom. The summed E-state index contributed by atoms with van der Waals surface area (Å²) < 4.78 is 13.0. The summed E-state index contributed by atoms with van der Waals surface area (Å²) in [6.07, 6.45) is 0. The number of hydrogen-bond acceptors (Lipinski definition) is 4. The Kier molecular flexibility index (Phi) is 5.78. The summed E-state index contributed by atoms with van der Waals surface area (Å²) in [5, 5.41) is 4.20. The number of para-hydroxylation sites is 1. The van der Waals surface area contributed by atoms with Gasteiger partial charge in [-0.3, -0.25) is 0 Å². The van der Waals surface area contributed by atoms with Crippen LogP contribution in [0.25, 0.3) is 66.4 Å². The average molecular weight is 579 g/mol. The van der Waals surface area contributed by atoms with Crippen molar-refractivity contribution in [1.82, 2.24) is 4.98 Å². The van der Waals surface area contributed by atoms with Gasteiger partial charge in [-0.2, -0.15) is 0 Å². The molecule has 0 spiro atoms. The molecule has 0 aliphatic carbocycles. The molecule has 0 aliphatic rings. The predicted molar refractivity (Wildman–Crippen MR) is 184 cm³/mol. The van der Waals surface area contributed by atoms with Gasteiger partial charge in [-0.15, -0.1) is 0 Å². The minimum atomic E-state index is 0.586. The first-order valence-corrected chi connectivity index (χ1v) is 15.0. The van der Waals surface area contributed by atoms with E-state index in [9.17, 15) is 0 Å². The van der Waals surface area contributed by atoms with Gasteiger partial charge in [0, 0.05) is 44.9 Å². The second-order valence-corrected chi connectivity index (χ2v) is 11.2. The Labute approximate surface area is 259 Å². The molecule has 2 aromatic heterocycles. The summed E-state index contributed by atoms with van der Waals surface area (Å²) in [5.41, 5.74) is 9.67. The van der Waals surface area contributed by atoms with Crippen molar-refractivity contribution in [3.8, 4) is 22.6 Å². The Morgan fingerprint density at radius 2 is 1.18 bits per heavy atom. The van der Waals surface area contributed by atoms with E-state index >= 15 is 0 Å². The zero-order valence-corrected chi connectivity index (χ0v) is 24.2. The van der Waals surface area contributed by atoms with E-state index in [0.29, 0.717) is 5.89 Å². The fourth-order valence-corrected chi connectivity index (χ4v) is 6.36. The molecule has 212 valence electrons. The van der Waals surface area contributed by atoms with Gasteiger partial charge in [-0.25, -0.2) is 4.98 Å². The molecular formula is C41H26N2O2. The molecule has 4 heteroatoms. The molecule has 0 bridgehead atoms. The van der Waals surface area contributed by atoms with Gasteiger partial charge in [-0.1, -0.05) is 97.1 Å². The van der Waals surface area contributed by atoms with Gasteiger partial charge in [0.1, 0.15) is 16.7 Å². The van der Waals surface area contributed by atoms with Crippen LogP contribution in [0.4, 0.5) is 17.1 Å². The molecule has 0 saturated heterocycles. The van der Waals surface area contributed by atoms with Crippen molar-refractivity contribution in [2.24, 2.45) is 0 Å². The van der Waals surface area contributed by atoms with E-state index in [4.69, 9.17) is 13.8 Å². The lowest BCUT2D eigenvalue weighted by Gasteiger charge is -2.25. The normalized spacial score (nSPS) is 11.6. The van der Waals surface area contributed by atoms with Crippen LogP contribution in [-0.2, 0) is 0 Å². The highest BCUT2D eigenvalue weighted by Gasteiger charge is 2.20. The predicted octanol–water partition coefficient (Wildman–Crippen LogP) is 11.7. The van der Waals surface area contributed by atoms with E-state index in [2.05, 4.69) is 120 Å². The quantitative estimate of drug-likeness (QED) is 0.204. The third-order valence-corrected chi connectivity index (χ3v) is 8.50. The molecule has 0 aliphatic heterocycles. The van der Waals surface area contributed by atoms with Gasteiger partial charge in [0.05, 0.1) is 0 Å². The number of anilines is 3. The average Bonchev–Trinajstić information content (AvgIpc) is 3.71. The van der Waals surface area contributed by atoms with Gasteiger partial charge in [-0.05, 0) is 71.1 Å². The van der Waals surface area contributed by atoms with Crippen LogP contribution in [0.15, 0.2) is 167 Å². The first-order chi connectivity index (χ1) is 22.3. The minimum absolute atomic E-state index is 0.586. The van der Waals surface area contributed by atoms with Crippen molar-refractivity contribution in [1.29, 1.82) is 0 Å². The summed E-state index contributed by atoms with van der Waals surface area (Å²) in [7, 11) is 0. The number of hydrogen-bond donors (Lipinski definition) is 0. The zero-order valence-electron chi connectivity index (χ0n) is 24.2. The second kappa shape index (κ2) is 10.2. The zero-order chi connectivity index (χ0) is 29.7. The number of nitrogens with zero attached hydrogens (tertiary/aromatic N) is 2. The molecule has 0 unspecified atom stereocenters. The highest BCUT2D eigenvalue weighted by Crippen LogP contribution is 2.42. The van der Waals surface area contributed by atoms with Gasteiger partial charge in [0.25, 0.3) is 0 Å². The van der Waals surface area contributed by atoms with Crippen LogP contribution in [0.2, 0.25) is 0 Å². The molecule has 9 aromatic rings. The Morgan fingerprint density at radius 3 is 2.02 bits per heavy atom. The third-order valence-electron chi connectivity index (χ3n) is 8.50. The number of oxazole rings is 1. The summed E-state index contributed by atoms with van der Waals surface area (Å²) in [6, 6.07) is 54.4. The van der Waals surface area contributed by atoms with Crippen LogP contribution in [0.1, 0.15) is 0 Å². The Bertz CT molecular complexity index is 2480. The van der Waals surface area contributed by atoms with Crippen LogP contribution in [0.3, 0.4) is 0 Å². The third kappa shape index (κ3) is 4.27.